The zero-order chi connectivity index (χ0) is 24.1. The Bertz CT molecular complexity index is 1510. The lowest BCUT2D eigenvalue weighted by molar-refractivity contribution is -0.116. The third kappa shape index (κ3) is 3.80. The highest BCUT2D eigenvalue weighted by atomic mass is 35.5. The molecule has 5 heteroatoms. The van der Waals surface area contributed by atoms with Crippen LogP contribution < -0.4 is 10.1 Å². The lowest BCUT2D eigenvalue weighted by Gasteiger charge is -2.37. The summed E-state index contributed by atoms with van der Waals surface area (Å²) in [7, 11) is 1.66. The molecule has 0 radical (unpaired) electrons. The first-order chi connectivity index (χ1) is 17.0. The van der Waals surface area contributed by atoms with Crippen LogP contribution in [0.2, 0.25) is 10.0 Å². The van der Waals surface area contributed by atoms with Gasteiger partial charge < -0.3 is 10.1 Å². The van der Waals surface area contributed by atoms with E-state index in [1.807, 2.05) is 42.5 Å². The van der Waals surface area contributed by atoms with Gasteiger partial charge in [0.05, 0.1) is 17.2 Å². The number of nitrogens with one attached hydrogen (secondary N) is 1. The average Bonchev–Trinajstić information content (AvgIpc) is 2.89. The van der Waals surface area contributed by atoms with Gasteiger partial charge in [-0.2, -0.15) is 0 Å². The summed E-state index contributed by atoms with van der Waals surface area (Å²) in [6.45, 7) is 0. The highest BCUT2D eigenvalue weighted by Crippen LogP contribution is 2.50. The second-order valence-corrected chi connectivity index (χ2v) is 9.99. The molecule has 4 aromatic rings. The Balaban J connectivity index is 1.52. The van der Waals surface area contributed by atoms with Crippen molar-refractivity contribution in [2.45, 2.75) is 24.7 Å². The van der Waals surface area contributed by atoms with Gasteiger partial charge in [0.2, 0.25) is 0 Å². The van der Waals surface area contributed by atoms with Crippen LogP contribution in [0, 0.1) is 0 Å². The fourth-order valence-corrected chi connectivity index (χ4v) is 5.85. The van der Waals surface area contributed by atoms with Crippen LogP contribution in [0.15, 0.2) is 90.1 Å². The Hall–Kier alpha value is -3.27. The quantitative estimate of drug-likeness (QED) is 0.309. The van der Waals surface area contributed by atoms with Crippen LogP contribution in [0.4, 0.5) is 5.69 Å². The number of allylic oxidation sites excluding steroid dienone is 2. The summed E-state index contributed by atoms with van der Waals surface area (Å²) in [4.78, 5) is 13.8. The van der Waals surface area contributed by atoms with Gasteiger partial charge in [0.1, 0.15) is 5.75 Å². The Labute approximate surface area is 214 Å². The van der Waals surface area contributed by atoms with Crippen LogP contribution >= 0.6 is 23.2 Å². The number of hydrogen-bond donors (Lipinski definition) is 1. The van der Waals surface area contributed by atoms with Crippen LogP contribution in [0.3, 0.4) is 0 Å². The van der Waals surface area contributed by atoms with Gasteiger partial charge in [0, 0.05) is 29.3 Å². The molecule has 174 valence electrons. The first kappa shape index (κ1) is 22.2. The molecule has 0 fully saturated rings. The standard InChI is InChI=1S/C30H23Cl2NO2/c1-35-21-10-6-17(7-11-21)20-15-26-30(27(34)16-20)28(19-8-12-23(31)24(32)14-19)29-22-5-3-2-4-18(22)9-13-25(29)33-26/h2-14,20,28,33H,15-16H2,1H3/t20-,28-/m1/s1. The van der Waals surface area contributed by atoms with E-state index in [1.54, 1.807) is 7.11 Å². The predicted octanol–water partition coefficient (Wildman–Crippen LogP) is 8.11. The number of benzene rings is 4. The van der Waals surface area contributed by atoms with Gasteiger partial charge in [-0.25, -0.2) is 0 Å². The summed E-state index contributed by atoms with van der Waals surface area (Å²) in [5.41, 5.74) is 6.07. The summed E-state index contributed by atoms with van der Waals surface area (Å²) < 4.78 is 5.31. The summed E-state index contributed by atoms with van der Waals surface area (Å²) in [6, 6.07) is 26.3. The molecule has 2 atom stereocenters. The molecule has 1 heterocycles. The molecule has 6 rings (SSSR count). The molecular formula is C30H23Cl2NO2. The van der Waals surface area contributed by atoms with E-state index in [9.17, 15) is 4.79 Å². The van der Waals surface area contributed by atoms with Crippen molar-refractivity contribution in [3.63, 3.8) is 0 Å². The fraction of sp³-hybridized carbons (Fsp3) is 0.167. The van der Waals surface area contributed by atoms with Gasteiger partial charge in [-0.05, 0) is 70.1 Å². The molecule has 35 heavy (non-hydrogen) atoms. The lowest BCUT2D eigenvalue weighted by atomic mass is 9.71. The van der Waals surface area contributed by atoms with Crippen LogP contribution in [0.25, 0.3) is 10.8 Å². The number of fused-ring (bicyclic) bond motifs is 3. The number of methoxy groups -OCH3 is 1. The van der Waals surface area contributed by atoms with Gasteiger partial charge in [0.25, 0.3) is 0 Å². The maximum atomic E-state index is 13.8. The molecule has 0 spiro atoms. The number of anilines is 1. The molecule has 1 aliphatic carbocycles. The largest absolute Gasteiger partial charge is 0.497 e. The topological polar surface area (TPSA) is 38.3 Å². The van der Waals surface area contributed by atoms with E-state index in [0.29, 0.717) is 16.5 Å². The number of ketones is 1. The van der Waals surface area contributed by atoms with Gasteiger partial charge >= 0.3 is 0 Å². The molecule has 0 saturated carbocycles. The number of halogens is 2. The van der Waals surface area contributed by atoms with Crippen LogP contribution in [0.5, 0.6) is 5.75 Å². The first-order valence-electron chi connectivity index (χ1n) is 11.7. The fourth-order valence-electron chi connectivity index (χ4n) is 5.54. The highest BCUT2D eigenvalue weighted by molar-refractivity contribution is 6.42. The number of hydrogen-bond acceptors (Lipinski definition) is 3. The Morgan fingerprint density at radius 1 is 0.857 bits per heavy atom. The molecule has 0 aromatic heterocycles. The second-order valence-electron chi connectivity index (χ2n) is 9.17. The molecule has 4 aromatic carbocycles. The molecule has 1 N–H and O–H groups in total. The minimum Gasteiger partial charge on any atom is -0.497 e. The SMILES string of the molecule is COc1ccc([C@H]2CC(=O)C3=C(C2)Nc2ccc4ccccc4c2[C@H]3c2ccc(Cl)c(Cl)c2)cc1. The van der Waals surface area contributed by atoms with E-state index in [0.717, 1.165) is 56.6 Å². The minimum absolute atomic E-state index is 0.108. The highest BCUT2D eigenvalue weighted by Gasteiger charge is 2.39. The van der Waals surface area contributed by atoms with Crippen LogP contribution in [0.1, 0.15) is 41.4 Å². The van der Waals surface area contributed by atoms with E-state index in [-0.39, 0.29) is 17.6 Å². The molecule has 0 bridgehead atoms. The van der Waals surface area contributed by atoms with E-state index >= 15 is 0 Å². The summed E-state index contributed by atoms with van der Waals surface area (Å²) in [6.07, 6.45) is 1.22. The smallest absolute Gasteiger partial charge is 0.162 e. The minimum atomic E-state index is -0.216. The molecule has 0 unspecified atom stereocenters. The second kappa shape index (κ2) is 8.75. The van der Waals surface area contributed by atoms with Crippen molar-refractivity contribution >= 4 is 45.4 Å². The van der Waals surface area contributed by atoms with Crippen molar-refractivity contribution in [3.05, 3.63) is 117 Å². The van der Waals surface area contributed by atoms with E-state index in [4.69, 9.17) is 27.9 Å². The number of carbonyl (C=O) groups is 1. The van der Waals surface area contributed by atoms with Crippen molar-refractivity contribution in [1.82, 2.24) is 0 Å². The molecule has 0 amide bonds. The maximum Gasteiger partial charge on any atom is 0.162 e. The van der Waals surface area contributed by atoms with Crippen molar-refractivity contribution in [2.24, 2.45) is 0 Å². The third-order valence-corrected chi connectivity index (χ3v) is 7.94. The van der Waals surface area contributed by atoms with Gasteiger partial charge in [-0.3, -0.25) is 4.79 Å². The molecule has 2 aliphatic rings. The van der Waals surface area contributed by atoms with Crippen molar-refractivity contribution < 1.29 is 9.53 Å². The molecule has 1 aliphatic heterocycles. The van der Waals surface area contributed by atoms with E-state index in [2.05, 4.69) is 41.7 Å². The van der Waals surface area contributed by atoms with E-state index in [1.165, 1.54) is 0 Å². The zero-order valence-corrected chi connectivity index (χ0v) is 20.7. The Morgan fingerprint density at radius 3 is 2.40 bits per heavy atom. The summed E-state index contributed by atoms with van der Waals surface area (Å²) >= 11 is 12.7. The normalized spacial score (nSPS) is 19.2. The summed E-state index contributed by atoms with van der Waals surface area (Å²) in [5.74, 6) is 0.865. The van der Waals surface area contributed by atoms with Crippen LogP contribution in [-0.2, 0) is 4.79 Å². The van der Waals surface area contributed by atoms with Crippen molar-refractivity contribution in [3.8, 4) is 5.75 Å². The number of carbonyl (C=O) groups excluding carboxylic acids is 1. The number of ether oxygens (including phenoxy) is 1. The maximum absolute atomic E-state index is 13.8. The Morgan fingerprint density at radius 2 is 1.63 bits per heavy atom. The van der Waals surface area contributed by atoms with Gasteiger partial charge in [-0.1, -0.05) is 71.7 Å². The number of Topliss-reactive ketones (excluding diaryl/α,β-unsaturated/α-hetero) is 1. The monoisotopic (exact) mass is 499 g/mol. The molecule has 3 nitrogen and oxygen atoms in total. The van der Waals surface area contributed by atoms with Crippen LogP contribution in [-0.4, -0.2) is 12.9 Å². The average molecular weight is 500 g/mol. The van der Waals surface area contributed by atoms with Crippen molar-refractivity contribution in [1.29, 1.82) is 0 Å². The predicted molar refractivity (Wildman–Crippen MR) is 143 cm³/mol. The summed E-state index contributed by atoms with van der Waals surface area (Å²) in [5, 5.41) is 6.91. The van der Waals surface area contributed by atoms with Gasteiger partial charge in [-0.15, -0.1) is 0 Å². The zero-order valence-electron chi connectivity index (χ0n) is 19.1. The Kier molecular flexibility index (Phi) is 5.55. The third-order valence-electron chi connectivity index (χ3n) is 7.21. The van der Waals surface area contributed by atoms with Crippen molar-refractivity contribution in [2.75, 3.05) is 12.4 Å². The lowest BCUT2D eigenvalue weighted by Crippen LogP contribution is -2.30. The number of rotatable bonds is 3. The molecule has 0 saturated heterocycles. The first-order valence-corrected chi connectivity index (χ1v) is 12.4. The van der Waals surface area contributed by atoms with E-state index < -0.39 is 0 Å². The molecular weight excluding hydrogens is 477 g/mol. The van der Waals surface area contributed by atoms with Gasteiger partial charge in [0.15, 0.2) is 5.78 Å².